The number of carbonyl (C=O) groups is 2. The van der Waals surface area contributed by atoms with E-state index in [1.807, 2.05) is 6.92 Å². The van der Waals surface area contributed by atoms with Gasteiger partial charge in [-0.25, -0.2) is 0 Å². The van der Waals surface area contributed by atoms with Crippen LogP contribution in [0.25, 0.3) is 0 Å². The molecule has 0 aromatic carbocycles. The van der Waals surface area contributed by atoms with Crippen LogP contribution >= 0.6 is 0 Å². The van der Waals surface area contributed by atoms with Crippen LogP contribution in [0.4, 0.5) is 5.69 Å². The second kappa shape index (κ2) is 9.39. The summed E-state index contributed by atoms with van der Waals surface area (Å²) in [6.07, 6.45) is 5.61. The molecule has 1 aromatic heterocycles. The van der Waals surface area contributed by atoms with Gasteiger partial charge in [-0.05, 0) is 24.8 Å². The van der Waals surface area contributed by atoms with E-state index in [4.69, 9.17) is 0 Å². The lowest BCUT2D eigenvalue weighted by Gasteiger charge is -2.31. The number of hydrogen-bond donors (Lipinski definition) is 2. The van der Waals surface area contributed by atoms with Crippen LogP contribution in [0.3, 0.4) is 0 Å². The molecule has 0 bridgehead atoms. The first kappa shape index (κ1) is 20.9. The first-order chi connectivity index (χ1) is 11.7. The van der Waals surface area contributed by atoms with E-state index in [0.29, 0.717) is 12.2 Å². The molecule has 0 aliphatic heterocycles. The second-order valence-corrected chi connectivity index (χ2v) is 7.38. The molecule has 0 spiro atoms. The minimum Gasteiger partial charge on any atom is -0.345 e. The molecule has 0 unspecified atom stereocenters. The Hall–Kier alpha value is -2.11. The summed E-state index contributed by atoms with van der Waals surface area (Å²) in [5.41, 5.74) is 0.160. The van der Waals surface area contributed by atoms with Crippen molar-refractivity contribution in [2.45, 2.75) is 72.9 Å². The summed E-state index contributed by atoms with van der Waals surface area (Å²) in [4.78, 5) is 36.0. The van der Waals surface area contributed by atoms with E-state index < -0.39 is 11.8 Å². The number of pyridine rings is 1. The molecule has 140 valence electrons. The van der Waals surface area contributed by atoms with Crippen LogP contribution in [0.1, 0.15) is 60.3 Å². The number of aryl methyl sites for hydroxylation is 1. The summed E-state index contributed by atoms with van der Waals surface area (Å²) in [7, 11) is 0. The van der Waals surface area contributed by atoms with Crippen molar-refractivity contribution >= 4 is 17.5 Å². The Labute approximate surface area is 150 Å². The zero-order valence-corrected chi connectivity index (χ0v) is 16.0. The van der Waals surface area contributed by atoms with Crippen molar-refractivity contribution in [3.05, 3.63) is 28.7 Å². The number of rotatable bonds is 7. The number of hydrogen-bond acceptors (Lipinski definition) is 3. The van der Waals surface area contributed by atoms with Gasteiger partial charge in [0.15, 0.2) is 0 Å². The van der Waals surface area contributed by atoms with Gasteiger partial charge in [0.2, 0.25) is 0 Å². The molecule has 0 saturated heterocycles. The molecule has 1 heterocycles. The number of nitrogens with one attached hydrogen (secondary N) is 2. The van der Waals surface area contributed by atoms with Crippen LogP contribution in [-0.2, 0) is 16.1 Å². The fraction of sp³-hybridized carbons (Fsp3) is 0.632. The van der Waals surface area contributed by atoms with Crippen molar-refractivity contribution in [3.8, 4) is 0 Å². The minimum atomic E-state index is -0.717. The van der Waals surface area contributed by atoms with E-state index in [1.54, 1.807) is 0 Å². The average molecular weight is 349 g/mol. The largest absolute Gasteiger partial charge is 0.345 e. The van der Waals surface area contributed by atoms with E-state index in [2.05, 4.69) is 38.3 Å². The van der Waals surface area contributed by atoms with Gasteiger partial charge in [-0.2, -0.15) is 0 Å². The average Bonchev–Trinajstić information content (AvgIpc) is 2.54. The number of unbranched alkanes of at least 4 members (excludes halogenated alkanes) is 2. The fourth-order valence-electron chi connectivity index (χ4n) is 2.58. The molecule has 6 nitrogen and oxygen atoms in total. The zero-order valence-electron chi connectivity index (χ0n) is 16.0. The summed E-state index contributed by atoms with van der Waals surface area (Å²) in [5.74, 6) is -1.36. The van der Waals surface area contributed by atoms with Crippen LogP contribution in [0, 0.1) is 5.41 Å². The molecular formula is C19H31N3O3. The molecule has 2 N–H and O–H groups in total. The maximum Gasteiger partial charge on any atom is 0.313 e. The predicted octanol–water partition coefficient (Wildman–Crippen LogP) is 2.92. The summed E-state index contributed by atoms with van der Waals surface area (Å²) in [6, 6.07) is 2.81. The standard InChI is InChI=1S/C19H31N3O3/c1-6-8-9-10-15(19(3,4)5)21-18(25)17(24)20-14-11-12-16(23)22(7-2)13-14/h11-13,15H,6-10H2,1-5H3,(H,20,24)(H,21,25)/t15-/m0/s1. The Morgan fingerprint density at radius 3 is 2.36 bits per heavy atom. The summed E-state index contributed by atoms with van der Waals surface area (Å²) in [6.45, 7) is 10.6. The lowest BCUT2D eigenvalue weighted by atomic mass is 9.83. The molecule has 0 fully saturated rings. The van der Waals surface area contributed by atoms with Crippen LogP contribution in [0.2, 0.25) is 0 Å². The van der Waals surface area contributed by atoms with Gasteiger partial charge in [-0.15, -0.1) is 0 Å². The van der Waals surface area contributed by atoms with Crippen molar-refractivity contribution in [1.29, 1.82) is 0 Å². The third-order valence-corrected chi connectivity index (χ3v) is 4.24. The maximum atomic E-state index is 12.3. The highest BCUT2D eigenvalue weighted by atomic mass is 16.2. The lowest BCUT2D eigenvalue weighted by Crippen LogP contribution is -2.47. The Morgan fingerprint density at radius 2 is 1.80 bits per heavy atom. The van der Waals surface area contributed by atoms with Crippen molar-refractivity contribution in [2.75, 3.05) is 5.32 Å². The van der Waals surface area contributed by atoms with E-state index in [9.17, 15) is 14.4 Å². The smallest absolute Gasteiger partial charge is 0.313 e. The number of nitrogens with zero attached hydrogens (tertiary/aromatic N) is 1. The molecule has 1 rings (SSSR count). The highest BCUT2D eigenvalue weighted by molar-refractivity contribution is 6.39. The van der Waals surface area contributed by atoms with Gasteiger partial charge < -0.3 is 15.2 Å². The molecule has 25 heavy (non-hydrogen) atoms. The molecular weight excluding hydrogens is 318 g/mol. The van der Waals surface area contributed by atoms with Crippen molar-refractivity contribution in [2.24, 2.45) is 5.41 Å². The maximum absolute atomic E-state index is 12.3. The molecule has 1 atom stereocenters. The first-order valence-electron chi connectivity index (χ1n) is 9.01. The SMILES string of the molecule is CCCCC[C@H](NC(=O)C(=O)Nc1ccc(=O)n(CC)c1)C(C)(C)C. The molecule has 0 aliphatic rings. The summed E-state index contributed by atoms with van der Waals surface area (Å²) < 4.78 is 1.47. The fourth-order valence-corrected chi connectivity index (χ4v) is 2.58. The van der Waals surface area contributed by atoms with Crippen LogP contribution in [-0.4, -0.2) is 22.4 Å². The van der Waals surface area contributed by atoms with Gasteiger partial charge in [0.25, 0.3) is 5.56 Å². The van der Waals surface area contributed by atoms with Crippen molar-refractivity contribution in [1.82, 2.24) is 9.88 Å². The van der Waals surface area contributed by atoms with E-state index in [-0.39, 0.29) is 17.0 Å². The molecule has 0 radical (unpaired) electrons. The molecule has 2 amide bonds. The lowest BCUT2D eigenvalue weighted by molar-refractivity contribution is -0.137. The van der Waals surface area contributed by atoms with E-state index >= 15 is 0 Å². The van der Waals surface area contributed by atoms with Crippen LogP contribution in [0.5, 0.6) is 0 Å². The third-order valence-electron chi connectivity index (χ3n) is 4.24. The number of carbonyl (C=O) groups excluding carboxylic acids is 2. The van der Waals surface area contributed by atoms with Gasteiger partial charge in [0.1, 0.15) is 0 Å². The third kappa shape index (κ3) is 6.72. The molecule has 0 saturated carbocycles. The molecule has 6 heteroatoms. The molecule has 0 aliphatic carbocycles. The number of aromatic nitrogens is 1. The second-order valence-electron chi connectivity index (χ2n) is 7.38. The minimum absolute atomic E-state index is 0.0677. The molecule has 1 aromatic rings. The van der Waals surface area contributed by atoms with Gasteiger partial charge in [-0.3, -0.25) is 14.4 Å². The summed E-state index contributed by atoms with van der Waals surface area (Å²) in [5, 5.41) is 5.41. The van der Waals surface area contributed by atoms with Crippen molar-refractivity contribution in [3.63, 3.8) is 0 Å². The normalized spacial score (nSPS) is 12.5. The Morgan fingerprint density at radius 1 is 1.12 bits per heavy atom. The predicted molar refractivity (Wildman–Crippen MR) is 101 cm³/mol. The monoisotopic (exact) mass is 349 g/mol. The highest BCUT2D eigenvalue weighted by Gasteiger charge is 2.28. The Bertz CT molecular complexity index is 644. The van der Waals surface area contributed by atoms with Gasteiger partial charge in [0.05, 0.1) is 5.69 Å². The zero-order chi connectivity index (χ0) is 19.0. The summed E-state index contributed by atoms with van der Waals surface area (Å²) >= 11 is 0. The van der Waals surface area contributed by atoms with Crippen LogP contribution < -0.4 is 16.2 Å². The van der Waals surface area contributed by atoms with Gasteiger partial charge >= 0.3 is 11.8 Å². The number of amides is 2. The van der Waals surface area contributed by atoms with E-state index in [1.165, 1.54) is 22.9 Å². The van der Waals surface area contributed by atoms with Gasteiger partial charge in [0, 0.05) is 24.8 Å². The van der Waals surface area contributed by atoms with E-state index in [0.717, 1.165) is 25.7 Å². The van der Waals surface area contributed by atoms with Gasteiger partial charge in [-0.1, -0.05) is 47.0 Å². The quantitative estimate of drug-likeness (QED) is 0.587. The Balaban J connectivity index is 2.73. The van der Waals surface area contributed by atoms with Crippen LogP contribution in [0.15, 0.2) is 23.1 Å². The number of anilines is 1. The topological polar surface area (TPSA) is 80.2 Å². The first-order valence-corrected chi connectivity index (χ1v) is 9.01. The van der Waals surface area contributed by atoms with Crippen molar-refractivity contribution < 1.29 is 9.59 Å². The Kier molecular flexibility index (Phi) is 7.87. The highest BCUT2D eigenvalue weighted by Crippen LogP contribution is 2.23.